The summed E-state index contributed by atoms with van der Waals surface area (Å²) >= 11 is 6.33. The van der Waals surface area contributed by atoms with E-state index in [1.807, 2.05) is 12.1 Å². The van der Waals surface area contributed by atoms with Gasteiger partial charge in [-0.15, -0.1) is 0 Å². The average molecular weight is 399 g/mol. The van der Waals surface area contributed by atoms with Crippen LogP contribution in [0, 0.1) is 0 Å². The number of hydrogen-bond donors (Lipinski definition) is 1. The second-order valence-electron chi connectivity index (χ2n) is 6.85. The van der Waals surface area contributed by atoms with Crippen molar-refractivity contribution >= 4 is 28.3 Å². The number of carbonyl (C=O) groups is 1. The molecule has 1 N–H and O–H groups in total. The Morgan fingerprint density at radius 1 is 1.21 bits per heavy atom. The van der Waals surface area contributed by atoms with E-state index in [2.05, 4.69) is 10.2 Å². The van der Waals surface area contributed by atoms with Crippen molar-refractivity contribution in [3.05, 3.63) is 68.6 Å². The summed E-state index contributed by atoms with van der Waals surface area (Å²) in [5.74, 6) is 0.286. The minimum absolute atomic E-state index is 0.238. The molecule has 1 aliphatic rings. The molecule has 0 aliphatic heterocycles. The fourth-order valence-corrected chi connectivity index (χ4v) is 3.41. The van der Waals surface area contributed by atoms with Gasteiger partial charge in [-0.2, -0.15) is 5.10 Å². The van der Waals surface area contributed by atoms with E-state index in [0.717, 1.165) is 24.2 Å². The maximum absolute atomic E-state index is 12.2. The van der Waals surface area contributed by atoms with Crippen molar-refractivity contribution in [2.75, 3.05) is 7.11 Å². The van der Waals surface area contributed by atoms with Crippen molar-refractivity contribution < 1.29 is 14.3 Å². The Kier molecular flexibility index (Phi) is 5.05. The maximum atomic E-state index is 12.2. The molecule has 28 heavy (non-hydrogen) atoms. The van der Waals surface area contributed by atoms with Gasteiger partial charge in [0.2, 0.25) is 0 Å². The Hall–Kier alpha value is -2.86. The van der Waals surface area contributed by atoms with E-state index < -0.39 is 5.97 Å². The Morgan fingerprint density at radius 3 is 2.75 bits per heavy atom. The van der Waals surface area contributed by atoms with Gasteiger partial charge in [0.15, 0.2) is 0 Å². The van der Waals surface area contributed by atoms with E-state index in [1.165, 1.54) is 13.5 Å². The smallest absolute Gasteiger partial charge is 0.337 e. The highest BCUT2D eigenvalue weighted by Crippen LogP contribution is 2.29. The first kappa shape index (κ1) is 18.5. The summed E-state index contributed by atoms with van der Waals surface area (Å²) in [6, 6.07) is 10.4. The molecule has 0 atom stereocenters. The number of hydrogen-bond acceptors (Lipinski definition) is 5. The third kappa shape index (κ3) is 3.60. The van der Waals surface area contributed by atoms with Gasteiger partial charge in [-0.1, -0.05) is 11.6 Å². The van der Waals surface area contributed by atoms with Crippen LogP contribution in [0.15, 0.2) is 41.2 Å². The SMILES string of the molecule is COC(=O)c1ccc(Cl)c(Cc2n[nH]c(=O)c3ccc(OC4CCC4)cc23)c1. The third-order valence-electron chi connectivity index (χ3n) is 5.02. The summed E-state index contributed by atoms with van der Waals surface area (Å²) in [4.78, 5) is 24.0. The van der Waals surface area contributed by atoms with Gasteiger partial charge in [-0.3, -0.25) is 4.79 Å². The molecule has 1 saturated carbocycles. The number of aromatic amines is 1. The molecule has 1 heterocycles. The van der Waals surface area contributed by atoms with Gasteiger partial charge in [0, 0.05) is 16.8 Å². The number of ether oxygens (including phenoxy) is 2. The van der Waals surface area contributed by atoms with Gasteiger partial charge in [0.05, 0.1) is 29.9 Å². The molecule has 4 rings (SSSR count). The van der Waals surface area contributed by atoms with E-state index >= 15 is 0 Å². The van der Waals surface area contributed by atoms with Crippen molar-refractivity contribution in [1.29, 1.82) is 0 Å². The molecule has 0 saturated heterocycles. The van der Waals surface area contributed by atoms with Crippen LogP contribution in [0.1, 0.15) is 40.9 Å². The maximum Gasteiger partial charge on any atom is 0.337 e. The van der Waals surface area contributed by atoms with Crippen molar-refractivity contribution in [2.45, 2.75) is 31.8 Å². The molecule has 6 nitrogen and oxygen atoms in total. The minimum Gasteiger partial charge on any atom is -0.490 e. The zero-order valence-corrected chi connectivity index (χ0v) is 16.1. The summed E-state index contributed by atoms with van der Waals surface area (Å²) in [5, 5.41) is 8.51. The van der Waals surface area contributed by atoms with Crippen LogP contribution in [0.3, 0.4) is 0 Å². The first-order chi connectivity index (χ1) is 13.5. The summed E-state index contributed by atoms with van der Waals surface area (Å²) in [6.07, 6.45) is 3.87. The van der Waals surface area contributed by atoms with Crippen LogP contribution in [0.25, 0.3) is 10.8 Å². The van der Waals surface area contributed by atoms with E-state index in [1.54, 1.807) is 24.3 Å². The molecule has 0 radical (unpaired) electrons. The van der Waals surface area contributed by atoms with Crippen LogP contribution in [-0.2, 0) is 11.2 Å². The topological polar surface area (TPSA) is 81.3 Å². The highest BCUT2D eigenvalue weighted by atomic mass is 35.5. The van der Waals surface area contributed by atoms with E-state index in [9.17, 15) is 9.59 Å². The van der Waals surface area contributed by atoms with Crippen LogP contribution in [0.4, 0.5) is 0 Å². The number of methoxy groups -OCH3 is 1. The minimum atomic E-state index is -0.437. The van der Waals surface area contributed by atoms with Crippen LogP contribution in [0.2, 0.25) is 5.02 Å². The molecule has 0 unspecified atom stereocenters. The highest BCUT2D eigenvalue weighted by molar-refractivity contribution is 6.31. The lowest BCUT2D eigenvalue weighted by Gasteiger charge is -2.26. The fourth-order valence-electron chi connectivity index (χ4n) is 3.22. The van der Waals surface area contributed by atoms with E-state index in [4.69, 9.17) is 21.1 Å². The van der Waals surface area contributed by atoms with Gasteiger partial charge >= 0.3 is 5.97 Å². The van der Waals surface area contributed by atoms with E-state index in [-0.39, 0.29) is 11.7 Å². The summed E-state index contributed by atoms with van der Waals surface area (Å²) in [5.41, 5.74) is 1.52. The van der Waals surface area contributed by atoms with Crippen molar-refractivity contribution in [3.63, 3.8) is 0 Å². The number of esters is 1. The van der Waals surface area contributed by atoms with Gasteiger partial charge in [-0.05, 0) is 61.2 Å². The molecule has 2 aromatic carbocycles. The number of H-pyrrole nitrogens is 1. The number of rotatable bonds is 5. The number of halogens is 1. The molecule has 1 fully saturated rings. The number of nitrogens with zero attached hydrogens (tertiary/aromatic N) is 1. The molecule has 3 aromatic rings. The van der Waals surface area contributed by atoms with Crippen molar-refractivity contribution in [1.82, 2.24) is 10.2 Å². The Balaban J connectivity index is 1.73. The molecule has 1 aromatic heterocycles. The van der Waals surface area contributed by atoms with Gasteiger partial charge in [0.25, 0.3) is 5.56 Å². The zero-order chi connectivity index (χ0) is 19.7. The first-order valence-corrected chi connectivity index (χ1v) is 9.47. The van der Waals surface area contributed by atoms with Crippen LogP contribution in [0.5, 0.6) is 5.75 Å². The molecular weight excluding hydrogens is 380 g/mol. The highest BCUT2D eigenvalue weighted by Gasteiger charge is 2.20. The molecule has 7 heteroatoms. The number of aromatic nitrogens is 2. The number of carbonyl (C=O) groups excluding carboxylic acids is 1. The monoisotopic (exact) mass is 398 g/mol. The Labute approximate surface area is 166 Å². The first-order valence-electron chi connectivity index (χ1n) is 9.10. The lowest BCUT2D eigenvalue weighted by Crippen LogP contribution is -2.24. The predicted octanol–water partition coefficient (Wildman–Crippen LogP) is 3.89. The van der Waals surface area contributed by atoms with Gasteiger partial charge < -0.3 is 9.47 Å². The summed E-state index contributed by atoms with van der Waals surface area (Å²) < 4.78 is 10.7. The fraction of sp³-hybridized carbons (Fsp3) is 0.286. The quantitative estimate of drug-likeness (QED) is 0.659. The van der Waals surface area contributed by atoms with Crippen molar-refractivity contribution in [3.8, 4) is 5.75 Å². The second kappa shape index (κ2) is 7.64. The molecular formula is C21H19ClN2O4. The number of nitrogens with one attached hydrogen (secondary N) is 1. The third-order valence-corrected chi connectivity index (χ3v) is 5.39. The average Bonchev–Trinajstić information content (AvgIpc) is 2.68. The van der Waals surface area contributed by atoms with Gasteiger partial charge in [-0.25, -0.2) is 9.89 Å². The van der Waals surface area contributed by atoms with Crippen LogP contribution >= 0.6 is 11.6 Å². The molecule has 144 valence electrons. The molecule has 1 aliphatic carbocycles. The standard InChI is InChI=1S/C21H19ClN2O4/c1-27-21(26)12-5-8-18(22)13(9-12)10-19-17-11-15(28-14-3-2-4-14)6-7-16(17)20(25)24-23-19/h5-9,11,14H,2-4,10H2,1H3,(H,24,25). The zero-order valence-electron chi connectivity index (χ0n) is 15.3. The van der Waals surface area contributed by atoms with Gasteiger partial charge in [0.1, 0.15) is 5.75 Å². The molecule has 0 spiro atoms. The second-order valence-corrected chi connectivity index (χ2v) is 7.26. The molecule has 0 amide bonds. The lowest BCUT2D eigenvalue weighted by molar-refractivity contribution is 0.0600. The van der Waals surface area contributed by atoms with E-state index in [0.29, 0.717) is 33.5 Å². The largest absolute Gasteiger partial charge is 0.490 e. The van der Waals surface area contributed by atoms with Crippen LogP contribution < -0.4 is 10.3 Å². The normalized spacial score (nSPS) is 13.9. The Morgan fingerprint density at radius 2 is 2.04 bits per heavy atom. The van der Waals surface area contributed by atoms with Crippen LogP contribution in [-0.4, -0.2) is 29.4 Å². The Bertz CT molecular complexity index is 1110. The summed E-state index contributed by atoms with van der Waals surface area (Å²) in [7, 11) is 1.33. The lowest BCUT2D eigenvalue weighted by atomic mass is 9.96. The van der Waals surface area contributed by atoms with Crippen molar-refractivity contribution in [2.24, 2.45) is 0 Å². The molecule has 0 bridgehead atoms. The predicted molar refractivity (Wildman–Crippen MR) is 106 cm³/mol. The summed E-state index contributed by atoms with van der Waals surface area (Å²) in [6.45, 7) is 0. The number of benzene rings is 2. The number of fused-ring (bicyclic) bond motifs is 1.